The summed E-state index contributed by atoms with van der Waals surface area (Å²) in [6.07, 6.45) is 5.34. The molecule has 2 aromatic carbocycles. The first-order valence-corrected chi connectivity index (χ1v) is 9.13. The summed E-state index contributed by atoms with van der Waals surface area (Å²) in [5, 5.41) is 0.152. The summed E-state index contributed by atoms with van der Waals surface area (Å²) in [7, 11) is 3.97. The molecule has 0 unspecified atom stereocenters. The second kappa shape index (κ2) is 7.81. The van der Waals surface area contributed by atoms with E-state index in [-0.39, 0.29) is 11.1 Å². The lowest BCUT2D eigenvalue weighted by Gasteiger charge is -2.12. The van der Waals surface area contributed by atoms with Gasteiger partial charge in [-0.3, -0.25) is 9.59 Å². The monoisotopic (exact) mass is 384 g/mol. The quantitative estimate of drug-likeness (QED) is 0.679. The van der Waals surface area contributed by atoms with Gasteiger partial charge in [0.1, 0.15) is 0 Å². The zero-order valence-electron chi connectivity index (χ0n) is 14.3. The van der Waals surface area contributed by atoms with Gasteiger partial charge in [-0.05, 0) is 53.7 Å². The highest BCUT2D eigenvalue weighted by Gasteiger charge is 2.35. The molecule has 0 atom stereocenters. The van der Waals surface area contributed by atoms with Gasteiger partial charge in [-0.1, -0.05) is 42.0 Å². The van der Waals surface area contributed by atoms with E-state index in [1.807, 2.05) is 49.3 Å². The lowest BCUT2D eigenvalue weighted by molar-refractivity contribution is -0.113. The molecule has 1 heterocycles. The van der Waals surface area contributed by atoms with Crippen molar-refractivity contribution < 1.29 is 9.59 Å². The van der Waals surface area contributed by atoms with Crippen LogP contribution in [0.15, 0.2) is 65.6 Å². The fraction of sp³-hybridized carbons (Fsp3) is 0.100. The van der Waals surface area contributed by atoms with Crippen molar-refractivity contribution in [3.8, 4) is 0 Å². The number of carbonyl (C=O) groups excluding carboxylic acids is 2. The first-order chi connectivity index (χ1) is 12.5. The molecule has 4 nitrogen and oxygen atoms in total. The van der Waals surface area contributed by atoms with Gasteiger partial charge < -0.3 is 4.90 Å². The molecular weight excluding hydrogens is 368 g/mol. The van der Waals surface area contributed by atoms with Crippen molar-refractivity contribution in [2.24, 2.45) is 0 Å². The van der Waals surface area contributed by atoms with Gasteiger partial charge in [-0.15, -0.1) is 0 Å². The second-order valence-corrected chi connectivity index (χ2v) is 7.29. The topological polar surface area (TPSA) is 40.6 Å². The molecule has 132 valence electrons. The van der Waals surface area contributed by atoms with E-state index >= 15 is 0 Å². The third-order valence-corrected chi connectivity index (χ3v) is 4.93. The van der Waals surface area contributed by atoms with Gasteiger partial charge in [0, 0.05) is 24.8 Å². The Kier molecular flexibility index (Phi) is 5.49. The molecule has 0 aliphatic carbocycles. The first kappa shape index (κ1) is 18.3. The van der Waals surface area contributed by atoms with Crippen LogP contribution >= 0.6 is 23.4 Å². The molecule has 0 spiro atoms. The van der Waals surface area contributed by atoms with Crippen molar-refractivity contribution in [3.05, 3.63) is 76.2 Å². The number of halogens is 1. The predicted octanol–water partition coefficient (Wildman–Crippen LogP) is 5.20. The number of carbonyl (C=O) groups is 2. The molecule has 0 radical (unpaired) electrons. The largest absolute Gasteiger partial charge is 0.378 e. The molecule has 2 aromatic rings. The highest BCUT2D eigenvalue weighted by molar-refractivity contribution is 8.18. The first-order valence-electron chi connectivity index (χ1n) is 7.93. The maximum absolute atomic E-state index is 12.5. The average molecular weight is 385 g/mol. The average Bonchev–Trinajstić information content (AvgIpc) is 2.89. The number of anilines is 2. The molecule has 0 N–H and O–H groups in total. The zero-order valence-corrected chi connectivity index (χ0v) is 15.9. The van der Waals surface area contributed by atoms with E-state index < -0.39 is 0 Å². The minimum absolute atomic E-state index is 0.327. The molecule has 1 fully saturated rings. The molecule has 26 heavy (non-hydrogen) atoms. The lowest BCUT2D eigenvalue weighted by atomic mass is 10.2. The van der Waals surface area contributed by atoms with Crippen LogP contribution in [0, 0.1) is 0 Å². The second-order valence-electron chi connectivity index (χ2n) is 5.86. The number of nitrogens with zero attached hydrogens (tertiary/aromatic N) is 2. The Bertz CT molecular complexity index is 904. The molecule has 0 saturated carbocycles. The van der Waals surface area contributed by atoms with E-state index in [1.54, 1.807) is 36.4 Å². The number of hydrogen-bond acceptors (Lipinski definition) is 4. The molecule has 1 aliphatic rings. The number of allylic oxidation sites excluding steroid dienone is 2. The van der Waals surface area contributed by atoms with Gasteiger partial charge >= 0.3 is 0 Å². The fourth-order valence-electron chi connectivity index (χ4n) is 2.45. The Morgan fingerprint density at radius 2 is 1.81 bits per heavy atom. The van der Waals surface area contributed by atoms with Crippen LogP contribution in [0.3, 0.4) is 0 Å². The van der Waals surface area contributed by atoms with Crippen LogP contribution < -0.4 is 9.80 Å². The van der Waals surface area contributed by atoms with E-state index in [9.17, 15) is 9.59 Å². The summed E-state index contributed by atoms with van der Waals surface area (Å²) in [6, 6.07) is 14.7. The molecule has 0 bridgehead atoms. The van der Waals surface area contributed by atoms with Gasteiger partial charge in [0.15, 0.2) is 0 Å². The van der Waals surface area contributed by atoms with Gasteiger partial charge in [0.2, 0.25) is 0 Å². The molecule has 1 aliphatic heterocycles. The minimum atomic E-state index is -0.338. The van der Waals surface area contributed by atoms with Crippen LogP contribution in [0.4, 0.5) is 16.2 Å². The lowest BCUT2D eigenvalue weighted by Crippen LogP contribution is -2.27. The van der Waals surface area contributed by atoms with E-state index in [0.717, 1.165) is 27.9 Å². The normalized spacial score (nSPS) is 16.1. The van der Waals surface area contributed by atoms with Crippen molar-refractivity contribution in [3.63, 3.8) is 0 Å². The van der Waals surface area contributed by atoms with Crippen LogP contribution in [0.2, 0.25) is 5.02 Å². The SMILES string of the molecule is CN(C)c1ccc(/C=C/C=C2/SC(=O)N(c3cccc(Cl)c3)C2=O)cc1. The fourth-order valence-corrected chi connectivity index (χ4v) is 3.43. The van der Waals surface area contributed by atoms with Gasteiger partial charge in [0.05, 0.1) is 10.6 Å². The summed E-state index contributed by atoms with van der Waals surface area (Å²) >= 11 is 6.87. The van der Waals surface area contributed by atoms with Crippen molar-refractivity contribution >= 4 is 52.0 Å². The van der Waals surface area contributed by atoms with Crippen LogP contribution in [-0.2, 0) is 4.79 Å². The summed E-state index contributed by atoms with van der Waals surface area (Å²) in [5.41, 5.74) is 2.61. The Balaban J connectivity index is 1.75. The van der Waals surface area contributed by atoms with E-state index in [1.165, 1.54) is 0 Å². The van der Waals surface area contributed by atoms with Gasteiger partial charge in [-0.2, -0.15) is 0 Å². The highest BCUT2D eigenvalue weighted by atomic mass is 35.5. The third kappa shape index (κ3) is 4.00. The smallest absolute Gasteiger partial charge is 0.298 e. The van der Waals surface area contributed by atoms with Crippen LogP contribution in [0.25, 0.3) is 6.08 Å². The minimum Gasteiger partial charge on any atom is -0.378 e. The predicted molar refractivity (Wildman–Crippen MR) is 110 cm³/mol. The van der Waals surface area contributed by atoms with Gasteiger partial charge in [-0.25, -0.2) is 4.90 Å². The van der Waals surface area contributed by atoms with Crippen LogP contribution in [0.1, 0.15) is 5.56 Å². The summed E-state index contributed by atoms with van der Waals surface area (Å²) < 4.78 is 0. The van der Waals surface area contributed by atoms with E-state index in [0.29, 0.717) is 15.6 Å². The highest BCUT2D eigenvalue weighted by Crippen LogP contribution is 2.35. The molecule has 3 rings (SSSR count). The van der Waals surface area contributed by atoms with E-state index in [4.69, 9.17) is 11.6 Å². The zero-order chi connectivity index (χ0) is 18.7. The Morgan fingerprint density at radius 3 is 2.46 bits per heavy atom. The van der Waals surface area contributed by atoms with Crippen molar-refractivity contribution in [2.75, 3.05) is 23.9 Å². The molecule has 0 aromatic heterocycles. The number of thioether (sulfide) groups is 1. The summed E-state index contributed by atoms with van der Waals surface area (Å²) in [4.78, 5) is 28.3. The Labute approximate surface area is 161 Å². The Hall–Kier alpha value is -2.50. The Morgan fingerprint density at radius 1 is 1.08 bits per heavy atom. The van der Waals surface area contributed by atoms with Gasteiger partial charge in [0.25, 0.3) is 11.1 Å². The number of amides is 2. The molecule has 2 amide bonds. The van der Waals surface area contributed by atoms with Crippen molar-refractivity contribution in [1.82, 2.24) is 0 Å². The molecule has 6 heteroatoms. The van der Waals surface area contributed by atoms with Crippen LogP contribution in [-0.4, -0.2) is 25.2 Å². The molecular formula is C20H17ClN2O2S. The van der Waals surface area contributed by atoms with Crippen molar-refractivity contribution in [2.45, 2.75) is 0 Å². The van der Waals surface area contributed by atoms with Crippen molar-refractivity contribution in [1.29, 1.82) is 0 Å². The standard InChI is InChI=1S/C20H17ClN2O2S/c1-22(2)16-11-9-14(10-12-16)5-3-8-18-19(24)23(20(25)26-18)17-7-4-6-15(21)13-17/h3-13H,1-2H3/b5-3+,18-8+. The summed E-state index contributed by atoms with van der Waals surface area (Å²) in [6.45, 7) is 0. The molecule has 1 saturated heterocycles. The number of benzene rings is 2. The summed E-state index contributed by atoms with van der Waals surface area (Å²) in [5.74, 6) is -0.338. The number of hydrogen-bond donors (Lipinski definition) is 0. The maximum Gasteiger partial charge on any atom is 0.298 e. The van der Waals surface area contributed by atoms with Crippen LogP contribution in [0.5, 0.6) is 0 Å². The van der Waals surface area contributed by atoms with E-state index in [2.05, 4.69) is 0 Å². The number of rotatable bonds is 4. The number of imide groups is 1. The maximum atomic E-state index is 12.5. The third-order valence-electron chi connectivity index (χ3n) is 3.81.